The Hall–Kier alpha value is -0.520. The Bertz CT molecular complexity index is 197. The molecule has 0 heterocycles. The van der Waals surface area contributed by atoms with E-state index in [4.69, 9.17) is 12.2 Å². The van der Waals surface area contributed by atoms with Crippen LogP contribution in [0, 0.1) is 12.3 Å². The van der Waals surface area contributed by atoms with E-state index >= 15 is 0 Å². The van der Waals surface area contributed by atoms with Crippen molar-refractivity contribution in [3.8, 4) is 12.3 Å². The molecule has 0 aromatic carbocycles. The lowest BCUT2D eigenvalue weighted by atomic mass is 9.79. The maximum Gasteiger partial charge on any atom is 0.0662 e. The first kappa shape index (κ1) is 10.6. The minimum Gasteiger partial charge on any atom is -0.390 e. The molecular weight excluding hydrogens is 162 g/mol. The van der Waals surface area contributed by atoms with Gasteiger partial charge in [0.05, 0.1) is 5.60 Å². The van der Waals surface area contributed by atoms with Crippen LogP contribution < -0.4 is 5.73 Å². The highest BCUT2D eigenvalue weighted by Crippen LogP contribution is 2.31. The fraction of sp³-hybridized carbons (Fsp3) is 0.818. The van der Waals surface area contributed by atoms with E-state index in [9.17, 15) is 5.11 Å². The lowest BCUT2D eigenvalue weighted by Gasteiger charge is -2.35. The SMILES string of the molecule is C#CCCCC1(O)CCCC(N)C1. The van der Waals surface area contributed by atoms with Crippen molar-refractivity contribution >= 4 is 0 Å². The molecule has 0 saturated heterocycles. The zero-order valence-electron chi connectivity index (χ0n) is 8.13. The van der Waals surface area contributed by atoms with Crippen molar-refractivity contribution in [3.05, 3.63) is 0 Å². The van der Waals surface area contributed by atoms with Crippen LogP contribution in [-0.2, 0) is 0 Å². The first-order chi connectivity index (χ1) is 6.16. The number of unbranched alkanes of at least 4 members (excludes halogenated alkanes) is 1. The Morgan fingerprint density at radius 3 is 3.00 bits per heavy atom. The van der Waals surface area contributed by atoms with Crippen LogP contribution in [-0.4, -0.2) is 16.7 Å². The van der Waals surface area contributed by atoms with Crippen LogP contribution in [0.3, 0.4) is 0 Å². The normalized spacial score (nSPS) is 34.1. The molecule has 2 atom stereocenters. The first-order valence-electron chi connectivity index (χ1n) is 5.08. The van der Waals surface area contributed by atoms with Gasteiger partial charge in [0.2, 0.25) is 0 Å². The summed E-state index contributed by atoms with van der Waals surface area (Å²) in [4.78, 5) is 0. The van der Waals surface area contributed by atoms with Crippen molar-refractivity contribution in [1.82, 2.24) is 0 Å². The molecule has 0 aromatic rings. The number of terminal acetylenes is 1. The van der Waals surface area contributed by atoms with E-state index < -0.39 is 5.60 Å². The molecule has 0 bridgehead atoms. The smallest absolute Gasteiger partial charge is 0.0662 e. The Morgan fingerprint density at radius 1 is 1.62 bits per heavy atom. The molecule has 0 aliphatic heterocycles. The van der Waals surface area contributed by atoms with Gasteiger partial charge < -0.3 is 10.8 Å². The molecule has 0 spiro atoms. The van der Waals surface area contributed by atoms with Crippen molar-refractivity contribution < 1.29 is 5.11 Å². The molecular formula is C11H19NO. The van der Waals surface area contributed by atoms with Crippen LogP contribution in [0.1, 0.15) is 44.9 Å². The highest BCUT2D eigenvalue weighted by molar-refractivity contribution is 4.90. The van der Waals surface area contributed by atoms with Gasteiger partial charge in [0, 0.05) is 12.5 Å². The molecule has 1 rings (SSSR count). The Balaban J connectivity index is 2.32. The molecule has 74 valence electrons. The molecule has 0 radical (unpaired) electrons. The molecule has 1 fully saturated rings. The lowest BCUT2D eigenvalue weighted by Crippen LogP contribution is -2.41. The van der Waals surface area contributed by atoms with Crippen molar-refractivity contribution in [3.63, 3.8) is 0 Å². The van der Waals surface area contributed by atoms with Crippen LogP contribution in [0.2, 0.25) is 0 Å². The van der Waals surface area contributed by atoms with Gasteiger partial charge in [-0.05, 0) is 38.5 Å². The molecule has 0 aromatic heterocycles. The first-order valence-corrected chi connectivity index (χ1v) is 5.08. The summed E-state index contributed by atoms with van der Waals surface area (Å²) in [6, 6.07) is 0.185. The summed E-state index contributed by atoms with van der Waals surface area (Å²) in [6.07, 6.45) is 11.4. The highest BCUT2D eigenvalue weighted by Gasteiger charge is 2.31. The molecule has 1 saturated carbocycles. The number of hydrogen-bond donors (Lipinski definition) is 2. The zero-order valence-corrected chi connectivity index (χ0v) is 8.13. The van der Waals surface area contributed by atoms with Crippen LogP contribution >= 0.6 is 0 Å². The van der Waals surface area contributed by atoms with Gasteiger partial charge in [-0.3, -0.25) is 0 Å². The van der Waals surface area contributed by atoms with E-state index in [2.05, 4.69) is 5.92 Å². The average Bonchev–Trinajstić information content (AvgIpc) is 2.04. The highest BCUT2D eigenvalue weighted by atomic mass is 16.3. The van der Waals surface area contributed by atoms with Gasteiger partial charge in [-0.2, -0.15) is 0 Å². The quantitative estimate of drug-likeness (QED) is 0.511. The van der Waals surface area contributed by atoms with Crippen molar-refractivity contribution in [2.75, 3.05) is 0 Å². The second-order valence-corrected chi connectivity index (χ2v) is 4.14. The third kappa shape index (κ3) is 3.38. The lowest BCUT2D eigenvalue weighted by molar-refractivity contribution is -0.0111. The van der Waals surface area contributed by atoms with E-state index in [-0.39, 0.29) is 6.04 Å². The van der Waals surface area contributed by atoms with Gasteiger partial charge in [-0.1, -0.05) is 0 Å². The van der Waals surface area contributed by atoms with Gasteiger partial charge in [-0.15, -0.1) is 12.3 Å². The predicted octanol–water partition coefficient (Wildman–Crippen LogP) is 1.42. The number of rotatable bonds is 3. The average molecular weight is 181 g/mol. The van der Waals surface area contributed by atoms with Crippen LogP contribution in [0.4, 0.5) is 0 Å². The van der Waals surface area contributed by atoms with Gasteiger partial charge in [0.15, 0.2) is 0 Å². The molecule has 2 nitrogen and oxygen atoms in total. The second kappa shape index (κ2) is 4.64. The fourth-order valence-corrected chi connectivity index (χ4v) is 2.13. The molecule has 1 aliphatic carbocycles. The van der Waals surface area contributed by atoms with E-state index in [0.717, 1.165) is 44.9 Å². The fourth-order valence-electron chi connectivity index (χ4n) is 2.13. The van der Waals surface area contributed by atoms with Crippen LogP contribution in [0.15, 0.2) is 0 Å². The third-order valence-corrected chi connectivity index (χ3v) is 2.82. The van der Waals surface area contributed by atoms with Crippen LogP contribution in [0.5, 0.6) is 0 Å². The number of nitrogens with two attached hydrogens (primary N) is 1. The van der Waals surface area contributed by atoms with Gasteiger partial charge in [0.1, 0.15) is 0 Å². The molecule has 3 N–H and O–H groups in total. The topological polar surface area (TPSA) is 46.2 Å². The number of aliphatic hydroxyl groups is 1. The molecule has 2 heteroatoms. The maximum absolute atomic E-state index is 10.1. The molecule has 13 heavy (non-hydrogen) atoms. The van der Waals surface area contributed by atoms with Crippen LogP contribution in [0.25, 0.3) is 0 Å². The van der Waals surface area contributed by atoms with E-state index in [1.165, 1.54) is 0 Å². The zero-order chi connectivity index (χ0) is 9.73. The Morgan fingerprint density at radius 2 is 2.38 bits per heavy atom. The van der Waals surface area contributed by atoms with E-state index in [0.29, 0.717) is 0 Å². The predicted molar refractivity (Wildman–Crippen MR) is 54.1 cm³/mol. The monoisotopic (exact) mass is 181 g/mol. The van der Waals surface area contributed by atoms with Gasteiger partial charge in [-0.25, -0.2) is 0 Å². The van der Waals surface area contributed by atoms with E-state index in [1.807, 2.05) is 0 Å². The summed E-state index contributed by atoms with van der Waals surface area (Å²) in [5.74, 6) is 2.59. The summed E-state index contributed by atoms with van der Waals surface area (Å²) in [7, 11) is 0. The maximum atomic E-state index is 10.1. The standard InChI is InChI=1S/C11H19NO/c1-2-3-4-7-11(13)8-5-6-10(12)9-11/h1,10,13H,3-9,12H2. The number of hydrogen-bond acceptors (Lipinski definition) is 2. The molecule has 1 aliphatic rings. The summed E-state index contributed by atoms with van der Waals surface area (Å²) in [6.45, 7) is 0. The summed E-state index contributed by atoms with van der Waals surface area (Å²) >= 11 is 0. The van der Waals surface area contributed by atoms with Gasteiger partial charge >= 0.3 is 0 Å². The van der Waals surface area contributed by atoms with Crippen molar-refractivity contribution in [2.45, 2.75) is 56.6 Å². The van der Waals surface area contributed by atoms with Crippen molar-refractivity contribution in [1.29, 1.82) is 0 Å². The largest absolute Gasteiger partial charge is 0.390 e. The Labute approximate surface area is 80.5 Å². The van der Waals surface area contributed by atoms with Crippen molar-refractivity contribution in [2.24, 2.45) is 5.73 Å². The minimum absolute atomic E-state index is 0.185. The third-order valence-electron chi connectivity index (χ3n) is 2.82. The summed E-state index contributed by atoms with van der Waals surface area (Å²) in [5.41, 5.74) is 5.29. The summed E-state index contributed by atoms with van der Waals surface area (Å²) in [5, 5.41) is 10.1. The molecule has 2 unspecified atom stereocenters. The Kier molecular flexibility index (Phi) is 3.77. The van der Waals surface area contributed by atoms with Gasteiger partial charge in [0.25, 0.3) is 0 Å². The second-order valence-electron chi connectivity index (χ2n) is 4.14. The van der Waals surface area contributed by atoms with E-state index in [1.54, 1.807) is 0 Å². The summed E-state index contributed by atoms with van der Waals surface area (Å²) < 4.78 is 0. The minimum atomic E-state index is -0.519. The molecule has 0 amide bonds.